The van der Waals surface area contributed by atoms with E-state index in [0.717, 1.165) is 0 Å². The zero-order valence-electron chi connectivity index (χ0n) is 7.98. The van der Waals surface area contributed by atoms with Crippen molar-refractivity contribution in [1.29, 1.82) is 0 Å². The van der Waals surface area contributed by atoms with E-state index in [1.807, 2.05) is 0 Å². The number of aliphatic carboxylic acids is 4. The molecule has 0 saturated carbocycles. The molecular weight excluding hydrogens is 240 g/mol. The van der Waals surface area contributed by atoms with Gasteiger partial charge >= 0.3 is 23.9 Å². The first-order valence-electron chi connectivity index (χ1n) is 4.09. The summed E-state index contributed by atoms with van der Waals surface area (Å²) in [4.78, 5) is 42.8. The lowest BCUT2D eigenvalue weighted by molar-refractivity contribution is -0.159. The van der Waals surface area contributed by atoms with Gasteiger partial charge in [0.1, 0.15) is 0 Å². The molecule has 0 radical (unpaired) electrons. The lowest BCUT2D eigenvalue weighted by Gasteiger charge is -2.08. The van der Waals surface area contributed by atoms with Crippen molar-refractivity contribution in [3.8, 4) is 0 Å². The average Bonchev–Trinajstić information content (AvgIpc) is 2.56. The van der Waals surface area contributed by atoms with Crippen LogP contribution in [0.15, 0.2) is 11.1 Å². The predicted octanol–water partition coefficient (Wildman–Crippen LogP) is -1.61. The van der Waals surface area contributed by atoms with Crippen LogP contribution in [0.5, 0.6) is 0 Å². The molecule has 2 atom stereocenters. The number of ether oxygens (including phenoxy) is 1. The monoisotopic (exact) mass is 246 g/mol. The summed E-state index contributed by atoms with van der Waals surface area (Å²) in [6.07, 6.45) is -4.22. The summed E-state index contributed by atoms with van der Waals surface area (Å²) in [5.41, 5.74) is -2.17. The van der Waals surface area contributed by atoms with Gasteiger partial charge in [-0.25, -0.2) is 19.2 Å². The van der Waals surface area contributed by atoms with Crippen LogP contribution in [0.25, 0.3) is 0 Å². The van der Waals surface area contributed by atoms with Crippen LogP contribution in [0.1, 0.15) is 0 Å². The third kappa shape index (κ3) is 2.08. The molecule has 1 heterocycles. The predicted molar refractivity (Wildman–Crippen MR) is 46.2 cm³/mol. The molecule has 1 aliphatic rings. The molecule has 1 aliphatic heterocycles. The lowest BCUT2D eigenvalue weighted by atomic mass is 10.0. The van der Waals surface area contributed by atoms with E-state index in [9.17, 15) is 19.2 Å². The number of hydrogen-bond acceptors (Lipinski definition) is 5. The van der Waals surface area contributed by atoms with Crippen molar-refractivity contribution in [2.45, 2.75) is 12.2 Å². The Hall–Kier alpha value is -2.42. The third-order valence-corrected chi connectivity index (χ3v) is 2.00. The molecule has 4 N–H and O–H groups in total. The van der Waals surface area contributed by atoms with Gasteiger partial charge in [-0.2, -0.15) is 0 Å². The average molecular weight is 246 g/mol. The molecule has 0 spiro atoms. The van der Waals surface area contributed by atoms with Crippen molar-refractivity contribution >= 4 is 23.9 Å². The fraction of sp³-hybridized carbons (Fsp3) is 0.250. The van der Waals surface area contributed by atoms with Crippen molar-refractivity contribution in [2.24, 2.45) is 0 Å². The highest BCUT2D eigenvalue weighted by molar-refractivity contribution is 6.08. The molecule has 0 aromatic heterocycles. The van der Waals surface area contributed by atoms with Gasteiger partial charge in [-0.1, -0.05) is 0 Å². The highest BCUT2D eigenvalue weighted by Gasteiger charge is 2.48. The SMILES string of the molecule is O=C(O)C1=C(C(=O)O)C(C(=O)O)OC1C(=O)O. The molecule has 9 heteroatoms. The first-order valence-corrected chi connectivity index (χ1v) is 4.09. The van der Waals surface area contributed by atoms with E-state index in [4.69, 9.17) is 20.4 Å². The maximum absolute atomic E-state index is 10.7. The van der Waals surface area contributed by atoms with Crippen LogP contribution in [0, 0.1) is 0 Å². The van der Waals surface area contributed by atoms with E-state index in [0.29, 0.717) is 0 Å². The van der Waals surface area contributed by atoms with Gasteiger partial charge in [0.05, 0.1) is 11.1 Å². The molecule has 2 unspecified atom stereocenters. The highest BCUT2D eigenvalue weighted by Crippen LogP contribution is 2.28. The summed E-state index contributed by atoms with van der Waals surface area (Å²) in [5.74, 6) is -7.24. The van der Waals surface area contributed by atoms with Gasteiger partial charge in [-0.3, -0.25) is 0 Å². The van der Waals surface area contributed by atoms with Crippen molar-refractivity contribution < 1.29 is 44.3 Å². The van der Waals surface area contributed by atoms with Gasteiger partial charge in [-0.05, 0) is 0 Å². The molecule has 9 nitrogen and oxygen atoms in total. The summed E-state index contributed by atoms with van der Waals surface area (Å²) < 4.78 is 4.40. The summed E-state index contributed by atoms with van der Waals surface area (Å²) >= 11 is 0. The van der Waals surface area contributed by atoms with Crippen LogP contribution in [-0.2, 0) is 23.9 Å². The lowest BCUT2D eigenvalue weighted by Crippen LogP contribution is -2.30. The minimum absolute atomic E-state index is 1.09. The van der Waals surface area contributed by atoms with E-state index in [-0.39, 0.29) is 0 Å². The van der Waals surface area contributed by atoms with E-state index >= 15 is 0 Å². The van der Waals surface area contributed by atoms with Gasteiger partial charge in [-0.15, -0.1) is 0 Å². The second-order valence-corrected chi connectivity index (χ2v) is 3.01. The third-order valence-electron chi connectivity index (χ3n) is 2.00. The van der Waals surface area contributed by atoms with Crippen LogP contribution in [0.4, 0.5) is 0 Å². The molecule has 92 valence electrons. The topological polar surface area (TPSA) is 158 Å². The van der Waals surface area contributed by atoms with E-state index in [1.165, 1.54) is 0 Å². The van der Waals surface area contributed by atoms with Gasteiger partial charge in [0.2, 0.25) is 0 Å². The fourth-order valence-corrected chi connectivity index (χ4v) is 1.37. The zero-order valence-corrected chi connectivity index (χ0v) is 7.98. The fourth-order valence-electron chi connectivity index (χ4n) is 1.37. The van der Waals surface area contributed by atoms with Gasteiger partial charge in [0, 0.05) is 0 Å². The molecule has 0 amide bonds. The quantitative estimate of drug-likeness (QED) is 0.457. The normalized spacial score (nSPS) is 23.5. The molecule has 0 bridgehead atoms. The zero-order chi connectivity index (χ0) is 13.3. The first kappa shape index (κ1) is 12.6. The Morgan fingerprint density at radius 2 is 1.06 bits per heavy atom. The molecule has 17 heavy (non-hydrogen) atoms. The van der Waals surface area contributed by atoms with Crippen molar-refractivity contribution in [3.63, 3.8) is 0 Å². The van der Waals surface area contributed by atoms with Crippen molar-refractivity contribution in [2.75, 3.05) is 0 Å². The minimum atomic E-state index is -2.11. The Kier molecular flexibility index (Phi) is 3.14. The highest BCUT2D eigenvalue weighted by atomic mass is 16.6. The Labute approximate surface area is 92.5 Å². The van der Waals surface area contributed by atoms with E-state index in [1.54, 1.807) is 0 Å². The first-order chi connectivity index (χ1) is 7.77. The largest absolute Gasteiger partial charge is 0.479 e. The Morgan fingerprint density at radius 3 is 1.24 bits per heavy atom. The molecule has 0 saturated heterocycles. The number of hydrogen-bond donors (Lipinski definition) is 4. The summed E-state index contributed by atoms with van der Waals surface area (Å²) in [6.45, 7) is 0. The molecule has 0 fully saturated rings. The Balaban J connectivity index is 3.40. The standard InChI is InChI=1S/C8H6O9/c9-5(10)1-2(6(11)12)4(8(15)16)17-3(1)7(13)14/h3-4H,(H,9,10)(H,11,12)(H,13,14)(H,15,16). The Morgan fingerprint density at radius 1 is 0.765 bits per heavy atom. The van der Waals surface area contributed by atoms with E-state index < -0.39 is 47.2 Å². The second-order valence-electron chi connectivity index (χ2n) is 3.01. The number of rotatable bonds is 4. The summed E-state index contributed by atoms with van der Waals surface area (Å²) in [7, 11) is 0. The van der Waals surface area contributed by atoms with Crippen molar-refractivity contribution in [3.05, 3.63) is 11.1 Å². The van der Waals surface area contributed by atoms with Crippen LogP contribution >= 0.6 is 0 Å². The van der Waals surface area contributed by atoms with E-state index in [2.05, 4.69) is 4.74 Å². The van der Waals surface area contributed by atoms with Gasteiger partial charge in [0.15, 0.2) is 12.2 Å². The summed E-state index contributed by atoms with van der Waals surface area (Å²) in [6, 6.07) is 0. The molecular formula is C8H6O9. The van der Waals surface area contributed by atoms with Crippen molar-refractivity contribution in [1.82, 2.24) is 0 Å². The molecule has 0 aromatic carbocycles. The maximum atomic E-state index is 10.7. The molecule has 0 aromatic rings. The Bertz CT molecular complexity index is 406. The molecule has 1 rings (SSSR count). The summed E-state index contributed by atoms with van der Waals surface area (Å²) in [5, 5.41) is 34.6. The minimum Gasteiger partial charge on any atom is -0.479 e. The van der Waals surface area contributed by atoms with Gasteiger partial charge in [0.25, 0.3) is 0 Å². The second kappa shape index (κ2) is 4.22. The van der Waals surface area contributed by atoms with Gasteiger partial charge < -0.3 is 25.2 Å². The smallest absolute Gasteiger partial charge is 0.337 e. The number of carbonyl (C=O) groups is 4. The number of carboxylic acids is 4. The maximum Gasteiger partial charge on any atom is 0.337 e. The molecule has 0 aliphatic carbocycles. The van der Waals surface area contributed by atoms with Crippen LogP contribution in [0.3, 0.4) is 0 Å². The number of carboxylic acid groups (broad SMARTS) is 4. The van der Waals surface area contributed by atoms with Crippen LogP contribution < -0.4 is 0 Å². The van der Waals surface area contributed by atoms with Crippen LogP contribution in [0.2, 0.25) is 0 Å². The van der Waals surface area contributed by atoms with Crippen LogP contribution in [-0.4, -0.2) is 56.5 Å².